The molecule has 0 bridgehead atoms. The van der Waals surface area contributed by atoms with E-state index in [0.717, 1.165) is 32.7 Å². The first kappa shape index (κ1) is 17.7. The maximum atomic E-state index is 5.30. The van der Waals surface area contributed by atoms with E-state index < -0.39 is 0 Å². The van der Waals surface area contributed by atoms with E-state index in [4.69, 9.17) is 4.74 Å². The number of benzene rings is 1. The summed E-state index contributed by atoms with van der Waals surface area (Å²) < 4.78 is 7.17. The number of piperazine rings is 1. The second-order valence-electron chi connectivity index (χ2n) is 6.76. The van der Waals surface area contributed by atoms with E-state index in [9.17, 15) is 0 Å². The van der Waals surface area contributed by atoms with Gasteiger partial charge in [-0.05, 0) is 18.1 Å². The summed E-state index contributed by atoms with van der Waals surface area (Å²) in [5, 5.41) is 4.27. The molecular weight excluding hydrogens is 312 g/mol. The van der Waals surface area contributed by atoms with Crippen molar-refractivity contribution in [1.82, 2.24) is 14.7 Å². The highest BCUT2D eigenvalue weighted by molar-refractivity contribution is 5.56. The van der Waals surface area contributed by atoms with Crippen molar-refractivity contribution in [3.8, 4) is 0 Å². The van der Waals surface area contributed by atoms with Crippen molar-refractivity contribution in [2.45, 2.75) is 13.5 Å². The van der Waals surface area contributed by atoms with E-state index in [1.54, 1.807) is 7.11 Å². The van der Waals surface area contributed by atoms with Gasteiger partial charge >= 0.3 is 0 Å². The van der Waals surface area contributed by atoms with Gasteiger partial charge in [0.1, 0.15) is 0 Å². The molecule has 0 N–H and O–H groups in total. The fourth-order valence-electron chi connectivity index (χ4n) is 3.36. The smallest absolute Gasteiger partial charge is 0.0753 e. The SMILES string of the molecule is COCc1ccccc1/C=C(\C)CN1CCN(c2cnn(C)c2)CC1. The Morgan fingerprint density at radius 2 is 1.96 bits per heavy atom. The molecule has 2 aromatic rings. The number of nitrogens with zero attached hydrogens (tertiary/aromatic N) is 4. The minimum atomic E-state index is 0.656. The van der Waals surface area contributed by atoms with E-state index in [2.05, 4.69) is 58.4 Å². The molecule has 0 aliphatic carbocycles. The zero-order chi connectivity index (χ0) is 17.6. The van der Waals surface area contributed by atoms with Crippen LogP contribution in [0.1, 0.15) is 18.1 Å². The summed E-state index contributed by atoms with van der Waals surface area (Å²) in [4.78, 5) is 4.94. The van der Waals surface area contributed by atoms with Crippen molar-refractivity contribution in [3.05, 3.63) is 53.4 Å². The van der Waals surface area contributed by atoms with Crippen LogP contribution in [-0.2, 0) is 18.4 Å². The van der Waals surface area contributed by atoms with E-state index in [1.165, 1.54) is 22.4 Å². The molecule has 1 aliphatic rings. The number of aryl methyl sites for hydroxylation is 1. The van der Waals surface area contributed by atoms with Gasteiger partial charge in [-0.3, -0.25) is 9.58 Å². The number of ether oxygens (including phenoxy) is 1. The highest BCUT2D eigenvalue weighted by atomic mass is 16.5. The minimum absolute atomic E-state index is 0.656. The van der Waals surface area contributed by atoms with Crippen molar-refractivity contribution in [2.75, 3.05) is 44.7 Å². The molecule has 0 spiro atoms. The van der Waals surface area contributed by atoms with Crippen molar-refractivity contribution in [3.63, 3.8) is 0 Å². The second kappa shape index (κ2) is 8.32. The van der Waals surface area contributed by atoms with Gasteiger partial charge in [-0.1, -0.05) is 35.9 Å². The topological polar surface area (TPSA) is 33.5 Å². The van der Waals surface area contributed by atoms with Crippen LogP contribution in [0.4, 0.5) is 5.69 Å². The Kier molecular flexibility index (Phi) is 5.89. The third-order valence-electron chi connectivity index (χ3n) is 4.66. The summed E-state index contributed by atoms with van der Waals surface area (Å²) in [5.41, 5.74) is 5.11. The molecule has 0 radical (unpaired) electrons. The average molecular weight is 340 g/mol. The molecule has 5 nitrogen and oxygen atoms in total. The van der Waals surface area contributed by atoms with Gasteiger partial charge in [0.05, 0.1) is 18.5 Å². The molecule has 3 rings (SSSR count). The first-order valence-corrected chi connectivity index (χ1v) is 8.85. The lowest BCUT2D eigenvalue weighted by Gasteiger charge is -2.35. The molecule has 5 heteroatoms. The summed E-state index contributed by atoms with van der Waals surface area (Å²) in [5.74, 6) is 0. The van der Waals surface area contributed by atoms with Gasteiger partial charge in [0.15, 0.2) is 0 Å². The predicted octanol–water partition coefficient (Wildman–Crippen LogP) is 2.79. The van der Waals surface area contributed by atoms with E-state index >= 15 is 0 Å². The molecule has 134 valence electrons. The fourth-order valence-corrected chi connectivity index (χ4v) is 3.36. The third kappa shape index (κ3) is 4.71. The Hall–Kier alpha value is -2.11. The molecule has 0 atom stereocenters. The number of hydrogen-bond acceptors (Lipinski definition) is 4. The Bertz CT molecular complexity index is 714. The zero-order valence-corrected chi connectivity index (χ0v) is 15.5. The van der Waals surface area contributed by atoms with Crippen LogP contribution in [-0.4, -0.2) is 54.5 Å². The molecule has 1 fully saturated rings. The van der Waals surface area contributed by atoms with Crippen LogP contribution in [0, 0.1) is 0 Å². The highest BCUT2D eigenvalue weighted by Crippen LogP contribution is 2.17. The van der Waals surface area contributed by atoms with E-state index in [1.807, 2.05) is 17.9 Å². The molecule has 0 saturated carbocycles. The Morgan fingerprint density at radius 3 is 2.64 bits per heavy atom. The zero-order valence-electron chi connectivity index (χ0n) is 15.5. The molecule has 2 heterocycles. The molecular formula is C20H28N4O. The molecule has 0 unspecified atom stereocenters. The molecule has 0 amide bonds. The van der Waals surface area contributed by atoms with E-state index in [0.29, 0.717) is 6.61 Å². The Morgan fingerprint density at radius 1 is 1.20 bits per heavy atom. The highest BCUT2D eigenvalue weighted by Gasteiger charge is 2.18. The van der Waals surface area contributed by atoms with Crippen LogP contribution in [0.2, 0.25) is 0 Å². The maximum Gasteiger partial charge on any atom is 0.0753 e. The monoisotopic (exact) mass is 340 g/mol. The van der Waals surface area contributed by atoms with Crippen LogP contribution in [0.5, 0.6) is 0 Å². The number of aromatic nitrogens is 2. The van der Waals surface area contributed by atoms with Crippen molar-refractivity contribution in [1.29, 1.82) is 0 Å². The predicted molar refractivity (Wildman–Crippen MR) is 103 cm³/mol. The Balaban J connectivity index is 1.56. The maximum absolute atomic E-state index is 5.30. The summed E-state index contributed by atoms with van der Waals surface area (Å²) in [6, 6.07) is 8.46. The van der Waals surface area contributed by atoms with Gasteiger partial charge in [0, 0.05) is 53.1 Å². The fraction of sp³-hybridized carbons (Fsp3) is 0.450. The number of rotatable bonds is 6. The van der Waals surface area contributed by atoms with Crippen LogP contribution >= 0.6 is 0 Å². The van der Waals surface area contributed by atoms with Crippen molar-refractivity contribution in [2.24, 2.45) is 7.05 Å². The van der Waals surface area contributed by atoms with Crippen molar-refractivity contribution >= 4 is 11.8 Å². The lowest BCUT2D eigenvalue weighted by Crippen LogP contribution is -2.46. The molecule has 1 saturated heterocycles. The van der Waals surface area contributed by atoms with Gasteiger partial charge < -0.3 is 9.64 Å². The van der Waals surface area contributed by atoms with Gasteiger partial charge in [0.25, 0.3) is 0 Å². The van der Waals surface area contributed by atoms with Crippen LogP contribution in [0.25, 0.3) is 6.08 Å². The number of anilines is 1. The summed E-state index contributed by atoms with van der Waals surface area (Å²) >= 11 is 0. The van der Waals surface area contributed by atoms with Crippen LogP contribution in [0.3, 0.4) is 0 Å². The van der Waals surface area contributed by atoms with Crippen LogP contribution < -0.4 is 4.90 Å². The number of methoxy groups -OCH3 is 1. The van der Waals surface area contributed by atoms with E-state index in [-0.39, 0.29) is 0 Å². The van der Waals surface area contributed by atoms with Gasteiger partial charge in [-0.25, -0.2) is 0 Å². The molecule has 1 aromatic heterocycles. The molecule has 1 aliphatic heterocycles. The Labute approximate surface area is 150 Å². The second-order valence-corrected chi connectivity index (χ2v) is 6.76. The average Bonchev–Trinajstić information content (AvgIpc) is 3.04. The van der Waals surface area contributed by atoms with Crippen molar-refractivity contribution < 1.29 is 4.74 Å². The summed E-state index contributed by atoms with van der Waals surface area (Å²) in [6.07, 6.45) is 6.34. The lowest BCUT2D eigenvalue weighted by atomic mass is 10.1. The minimum Gasteiger partial charge on any atom is -0.380 e. The first-order valence-electron chi connectivity index (χ1n) is 8.85. The quantitative estimate of drug-likeness (QED) is 0.810. The lowest BCUT2D eigenvalue weighted by molar-refractivity contribution is 0.184. The number of hydrogen-bond donors (Lipinski definition) is 0. The van der Waals surface area contributed by atoms with Gasteiger partial charge in [-0.15, -0.1) is 0 Å². The summed E-state index contributed by atoms with van der Waals surface area (Å²) in [7, 11) is 3.71. The third-order valence-corrected chi connectivity index (χ3v) is 4.66. The first-order chi connectivity index (χ1) is 12.2. The van der Waals surface area contributed by atoms with Crippen LogP contribution in [0.15, 0.2) is 42.2 Å². The molecule has 25 heavy (non-hydrogen) atoms. The normalized spacial score (nSPS) is 16.4. The standard InChI is InChI=1S/C20H28N4O/c1-17(12-18-6-4-5-7-19(18)16-25-3)14-23-8-10-24(11-9-23)20-13-21-22(2)15-20/h4-7,12-13,15H,8-11,14,16H2,1-3H3/b17-12+. The molecule has 1 aromatic carbocycles. The summed E-state index contributed by atoms with van der Waals surface area (Å²) in [6.45, 7) is 8.17. The van der Waals surface area contributed by atoms with Gasteiger partial charge in [0.2, 0.25) is 0 Å². The largest absolute Gasteiger partial charge is 0.380 e. The van der Waals surface area contributed by atoms with Gasteiger partial charge in [-0.2, -0.15) is 5.10 Å².